The average Bonchev–Trinajstić information content (AvgIpc) is 3.06. The number of amides is 1. The first-order valence-corrected chi connectivity index (χ1v) is 5.34. The molecule has 0 heterocycles. The molecule has 6 nitrogen and oxygen atoms in total. The molecule has 0 aromatic rings. The van der Waals surface area contributed by atoms with E-state index in [0.717, 1.165) is 6.42 Å². The number of methoxy groups -OCH3 is 1. The number of hydrogen-bond donors (Lipinski definition) is 3. The number of ether oxygens (including phenoxy) is 1. The molecule has 0 bridgehead atoms. The lowest BCUT2D eigenvalue weighted by atomic mass is 10.0. The van der Waals surface area contributed by atoms with Crippen LogP contribution in [0.2, 0.25) is 0 Å². The monoisotopic (exact) mass is 229 g/mol. The Bertz CT molecular complexity index is 287. The van der Waals surface area contributed by atoms with Crippen molar-refractivity contribution in [1.82, 2.24) is 5.32 Å². The summed E-state index contributed by atoms with van der Waals surface area (Å²) in [6.07, 6.45) is 2.03. The van der Waals surface area contributed by atoms with Crippen LogP contribution in [-0.4, -0.2) is 36.7 Å². The first kappa shape index (κ1) is 12.8. The van der Waals surface area contributed by atoms with E-state index in [1.54, 1.807) is 7.11 Å². The maximum atomic E-state index is 11.9. The van der Waals surface area contributed by atoms with E-state index in [1.807, 2.05) is 6.92 Å². The molecular formula is C10H19N3O3. The van der Waals surface area contributed by atoms with Crippen molar-refractivity contribution in [2.75, 3.05) is 13.7 Å². The third kappa shape index (κ3) is 2.63. The maximum Gasteiger partial charge on any atom is 0.234 e. The van der Waals surface area contributed by atoms with E-state index in [0.29, 0.717) is 19.4 Å². The normalized spacial score (nSPS) is 20.2. The highest BCUT2D eigenvalue weighted by molar-refractivity contribution is 6.09. The van der Waals surface area contributed by atoms with E-state index in [-0.39, 0.29) is 17.8 Å². The highest BCUT2D eigenvalue weighted by Gasteiger charge is 2.54. The summed E-state index contributed by atoms with van der Waals surface area (Å²) in [4.78, 5) is 11.9. The van der Waals surface area contributed by atoms with Crippen molar-refractivity contribution < 1.29 is 14.7 Å². The highest BCUT2D eigenvalue weighted by atomic mass is 16.5. The van der Waals surface area contributed by atoms with Crippen LogP contribution in [-0.2, 0) is 9.53 Å². The SMILES string of the molecule is COCCC(C)NC(=O)C1(C(N)=NO)CC1. The fraction of sp³-hybridized carbons (Fsp3) is 0.800. The van der Waals surface area contributed by atoms with Gasteiger partial charge in [-0.05, 0) is 26.2 Å². The molecule has 1 rings (SSSR count). The summed E-state index contributed by atoms with van der Waals surface area (Å²) in [7, 11) is 1.62. The molecular weight excluding hydrogens is 210 g/mol. The Labute approximate surface area is 94.8 Å². The van der Waals surface area contributed by atoms with Crippen LogP contribution >= 0.6 is 0 Å². The lowest BCUT2D eigenvalue weighted by Crippen LogP contribution is -2.44. The van der Waals surface area contributed by atoms with Gasteiger partial charge in [0, 0.05) is 19.8 Å². The molecule has 92 valence electrons. The molecule has 16 heavy (non-hydrogen) atoms. The largest absolute Gasteiger partial charge is 0.409 e. The van der Waals surface area contributed by atoms with Crippen LogP contribution < -0.4 is 11.1 Å². The summed E-state index contributed by atoms with van der Waals surface area (Å²) in [5, 5.41) is 14.4. The zero-order chi connectivity index (χ0) is 12.2. The zero-order valence-electron chi connectivity index (χ0n) is 9.69. The summed E-state index contributed by atoms with van der Waals surface area (Å²) in [5.74, 6) is -0.157. The minimum absolute atomic E-state index is 0.00365. The first-order valence-electron chi connectivity index (χ1n) is 5.34. The minimum Gasteiger partial charge on any atom is -0.409 e. The maximum absolute atomic E-state index is 11.9. The molecule has 1 aliphatic rings. The van der Waals surface area contributed by atoms with Crippen molar-refractivity contribution >= 4 is 11.7 Å². The van der Waals surface area contributed by atoms with E-state index < -0.39 is 5.41 Å². The summed E-state index contributed by atoms with van der Waals surface area (Å²) in [6, 6.07) is 0.0245. The van der Waals surface area contributed by atoms with Gasteiger partial charge < -0.3 is 21.0 Å². The third-order valence-electron chi connectivity index (χ3n) is 2.92. The summed E-state index contributed by atoms with van der Waals surface area (Å²) in [6.45, 7) is 2.50. The number of carbonyl (C=O) groups excluding carboxylic acids is 1. The van der Waals surface area contributed by atoms with Crippen LogP contribution in [0.4, 0.5) is 0 Å². The van der Waals surface area contributed by atoms with Gasteiger partial charge in [0.2, 0.25) is 5.91 Å². The van der Waals surface area contributed by atoms with Crippen molar-refractivity contribution in [1.29, 1.82) is 0 Å². The first-order chi connectivity index (χ1) is 7.56. The van der Waals surface area contributed by atoms with Gasteiger partial charge in [0.15, 0.2) is 5.84 Å². The van der Waals surface area contributed by atoms with Gasteiger partial charge in [-0.25, -0.2) is 0 Å². The molecule has 0 aromatic heterocycles. The predicted molar refractivity (Wildman–Crippen MR) is 59.2 cm³/mol. The summed E-state index contributed by atoms with van der Waals surface area (Å²) in [5.41, 5.74) is 4.74. The van der Waals surface area contributed by atoms with Gasteiger partial charge in [0.1, 0.15) is 5.41 Å². The number of amidine groups is 1. The van der Waals surface area contributed by atoms with Gasteiger partial charge in [-0.2, -0.15) is 0 Å². The molecule has 0 spiro atoms. The molecule has 1 aliphatic carbocycles. The van der Waals surface area contributed by atoms with Crippen molar-refractivity contribution in [3.63, 3.8) is 0 Å². The van der Waals surface area contributed by atoms with Gasteiger partial charge >= 0.3 is 0 Å². The Morgan fingerprint density at radius 2 is 2.31 bits per heavy atom. The Morgan fingerprint density at radius 3 is 2.75 bits per heavy atom. The van der Waals surface area contributed by atoms with Gasteiger partial charge in [0.05, 0.1) is 0 Å². The van der Waals surface area contributed by atoms with Crippen LogP contribution in [0.25, 0.3) is 0 Å². The van der Waals surface area contributed by atoms with Gasteiger partial charge in [-0.1, -0.05) is 5.16 Å². The van der Waals surface area contributed by atoms with E-state index in [2.05, 4.69) is 10.5 Å². The number of nitrogens with zero attached hydrogens (tertiary/aromatic N) is 1. The second-order valence-electron chi connectivity index (χ2n) is 4.22. The molecule has 1 amide bonds. The molecule has 1 unspecified atom stereocenters. The van der Waals surface area contributed by atoms with Crippen molar-refractivity contribution in [3.05, 3.63) is 0 Å². The molecule has 0 saturated heterocycles. The molecule has 1 saturated carbocycles. The number of rotatable bonds is 6. The number of nitrogens with two attached hydrogens (primary N) is 1. The Hall–Kier alpha value is -1.30. The Kier molecular flexibility index (Phi) is 4.12. The van der Waals surface area contributed by atoms with Crippen molar-refractivity contribution in [2.24, 2.45) is 16.3 Å². The zero-order valence-corrected chi connectivity index (χ0v) is 9.69. The molecule has 1 fully saturated rings. The molecule has 0 aliphatic heterocycles. The number of nitrogens with one attached hydrogen (secondary N) is 1. The van der Waals surface area contributed by atoms with Crippen LogP contribution in [0.1, 0.15) is 26.2 Å². The Morgan fingerprint density at radius 1 is 1.69 bits per heavy atom. The third-order valence-corrected chi connectivity index (χ3v) is 2.92. The minimum atomic E-state index is -0.768. The van der Waals surface area contributed by atoms with Gasteiger partial charge in [-0.3, -0.25) is 4.79 Å². The van der Waals surface area contributed by atoms with Gasteiger partial charge in [-0.15, -0.1) is 0 Å². The molecule has 0 aromatic carbocycles. The van der Waals surface area contributed by atoms with E-state index in [4.69, 9.17) is 15.7 Å². The second kappa shape index (κ2) is 5.16. The fourth-order valence-corrected chi connectivity index (χ4v) is 1.55. The van der Waals surface area contributed by atoms with Crippen LogP contribution in [0.5, 0.6) is 0 Å². The molecule has 4 N–H and O–H groups in total. The summed E-state index contributed by atoms with van der Waals surface area (Å²) < 4.78 is 4.92. The summed E-state index contributed by atoms with van der Waals surface area (Å²) >= 11 is 0. The van der Waals surface area contributed by atoms with Crippen LogP contribution in [0.15, 0.2) is 5.16 Å². The van der Waals surface area contributed by atoms with Crippen molar-refractivity contribution in [2.45, 2.75) is 32.2 Å². The highest BCUT2D eigenvalue weighted by Crippen LogP contribution is 2.46. The lowest BCUT2D eigenvalue weighted by molar-refractivity contribution is -0.124. The van der Waals surface area contributed by atoms with Crippen LogP contribution in [0, 0.1) is 5.41 Å². The number of carbonyl (C=O) groups is 1. The lowest BCUT2D eigenvalue weighted by Gasteiger charge is -2.18. The molecule has 6 heteroatoms. The topological polar surface area (TPSA) is 96.9 Å². The molecule has 1 atom stereocenters. The Balaban J connectivity index is 2.47. The van der Waals surface area contributed by atoms with Crippen LogP contribution in [0.3, 0.4) is 0 Å². The van der Waals surface area contributed by atoms with E-state index in [9.17, 15) is 4.79 Å². The van der Waals surface area contributed by atoms with E-state index >= 15 is 0 Å². The predicted octanol–water partition coefficient (Wildman–Crippen LogP) is 0.0542. The fourth-order valence-electron chi connectivity index (χ4n) is 1.55. The second-order valence-corrected chi connectivity index (χ2v) is 4.22. The van der Waals surface area contributed by atoms with Gasteiger partial charge in [0.25, 0.3) is 0 Å². The van der Waals surface area contributed by atoms with Crippen molar-refractivity contribution in [3.8, 4) is 0 Å². The average molecular weight is 229 g/mol. The number of oxime groups is 1. The molecule has 0 radical (unpaired) electrons. The van der Waals surface area contributed by atoms with E-state index in [1.165, 1.54) is 0 Å². The number of hydrogen-bond acceptors (Lipinski definition) is 4. The standard InChI is InChI=1S/C10H19N3O3/c1-7(3-6-16-2)12-9(14)10(4-5-10)8(11)13-15/h7,15H,3-6H2,1-2H3,(H2,11,13)(H,12,14). The smallest absolute Gasteiger partial charge is 0.234 e. The quantitative estimate of drug-likeness (QED) is 0.259.